The van der Waals surface area contributed by atoms with Crippen molar-refractivity contribution in [1.29, 1.82) is 5.41 Å². The number of amidine groups is 1. The summed E-state index contributed by atoms with van der Waals surface area (Å²) in [5.41, 5.74) is -0.688. The van der Waals surface area contributed by atoms with E-state index in [4.69, 9.17) is 10.1 Å². The third-order valence-corrected chi connectivity index (χ3v) is 8.07. The first-order valence-electron chi connectivity index (χ1n) is 14.0. The summed E-state index contributed by atoms with van der Waals surface area (Å²) in [6.45, 7) is 9.73. The van der Waals surface area contributed by atoms with Gasteiger partial charge >= 0.3 is 5.97 Å². The van der Waals surface area contributed by atoms with Crippen molar-refractivity contribution in [1.82, 2.24) is 15.1 Å². The number of nitrogens with zero attached hydrogens (tertiary/aromatic N) is 2. The van der Waals surface area contributed by atoms with Crippen molar-refractivity contribution in [2.45, 2.75) is 78.4 Å². The second kappa shape index (κ2) is 13.4. The van der Waals surface area contributed by atoms with Gasteiger partial charge in [-0.25, -0.2) is 4.39 Å². The number of nitrogens with one attached hydrogen (secondary N) is 2. The Bertz CT molecular complexity index is 1050. The molecule has 1 aromatic rings. The van der Waals surface area contributed by atoms with Gasteiger partial charge in [0.2, 0.25) is 5.91 Å². The first-order valence-corrected chi connectivity index (χ1v) is 14.0. The molecule has 0 bridgehead atoms. The largest absolute Gasteiger partial charge is 0.466 e. The smallest absolute Gasteiger partial charge is 0.306 e. The minimum Gasteiger partial charge on any atom is -0.466 e. The molecule has 216 valence electrons. The Balaban J connectivity index is 1.61. The van der Waals surface area contributed by atoms with Gasteiger partial charge in [-0.2, -0.15) is 0 Å². The monoisotopic (exact) mass is 546 g/mol. The van der Waals surface area contributed by atoms with E-state index >= 15 is 4.39 Å². The predicted octanol–water partition coefficient (Wildman–Crippen LogP) is 3.33. The van der Waals surface area contributed by atoms with E-state index in [9.17, 15) is 19.5 Å². The van der Waals surface area contributed by atoms with Crippen LogP contribution < -0.4 is 5.32 Å². The molecule has 1 unspecified atom stereocenters. The third-order valence-electron chi connectivity index (χ3n) is 8.07. The number of halogens is 1. The molecule has 1 aromatic carbocycles. The molecule has 0 aromatic heterocycles. The van der Waals surface area contributed by atoms with Gasteiger partial charge in [0, 0.05) is 44.2 Å². The average Bonchev–Trinajstić information content (AvgIpc) is 2.91. The van der Waals surface area contributed by atoms with Gasteiger partial charge < -0.3 is 25.0 Å². The molecular formula is C29H43FN4O5. The molecule has 1 atom stereocenters. The summed E-state index contributed by atoms with van der Waals surface area (Å²) in [4.78, 5) is 42.0. The summed E-state index contributed by atoms with van der Waals surface area (Å²) in [7, 11) is 0. The van der Waals surface area contributed by atoms with E-state index in [-0.39, 0.29) is 35.3 Å². The van der Waals surface area contributed by atoms with Crippen molar-refractivity contribution in [2.24, 2.45) is 11.3 Å². The van der Waals surface area contributed by atoms with Crippen molar-refractivity contribution >= 4 is 23.6 Å². The highest BCUT2D eigenvalue weighted by Gasteiger charge is 2.41. The molecular weight excluding hydrogens is 503 g/mol. The first kappa shape index (κ1) is 30.5. The van der Waals surface area contributed by atoms with Crippen LogP contribution in [-0.2, 0) is 14.3 Å². The molecule has 0 aliphatic carbocycles. The average molecular weight is 547 g/mol. The summed E-state index contributed by atoms with van der Waals surface area (Å²) >= 11 is 0. The Morgan fingerprint density at radius 2 is 1.72 bits per heavy atom. The Labute approximate surface area is 230 Å². The number of aliphatic hydroxyl groups is 1. The lowest BCUT2D eigenvalue weighted by Gasteiger charge is -2.40. The zero-order valence-corrected chi connectivity index (χ0v) is 23.6. The van der Waals surface area contributed by atoms with Crippen molar-refractivity contribution in [3.8, 4) is 0 Å². The molecule has 39 heavy (non-hydrogen) atoms. The van der Waals surface area contributed by atoms with Crippen LogP contribution in [0.15, 0.2) is 18.2 Å². The van der Waals surface area contributed by atoms with Crippen molar-refractivity contribution in [2.75, 3.05) is 32.8 Å². The molecule has 3 N–H and O–H groups in total. The number of aliphatic hydroxyl groups excluding tert-OH is 1. The third kappa shape index (κ3) is 7.56. The molecule has 2 aliphatic rings. The Hall–Kier alpha value is -3.01. The number of hydrogen-bond donors (Lipinski definition) is 3. The number of amides is 2. The van der Waals surface area contributed by atoms with Crippen LogP contribution >= 0.6 is 0 Å². The van der Waals surface area contributed by atoms with Gasteiger partial charge in [-0.15, -0.1) is 0 Å². The second-order valence-corrected chi connectivity index (χ2v) is 11.2. The molecule has 0 radical (unpaired) electrons. The molecule has 2 heterocycles. The number of esters is 1. The number of carbonyl (C=O) groups is 3. The van der Waals surface area contributed by atoms with Crippen LogP contribution in [0, 0.1) is 22.6 Å². The highest BCUT2D eigenvalue weighted by atomic mass is 19.1. The standard InChI is InChI=1S/C29H43FN4O5/c1-5-24(29(3,4)28(38)34-13-9-19(10-14-34)17-25(36)39-6-2)32-27(37)22-8-7-20(18-23(22)30)26(31)33-15-11-21(35)12-16-33/h7-8,18-19,21,24,31,35H,5-6,9-17H2,1-4H3,(H,32,37). The molecule has 2 aliphatic heterocycles. The van der Waals surface area contributed by atoms with Gasteiger partial charge in [0.05, 0.1) is 23.7 Å². The second-order valence-electron chi connectivity index (χ2n) is 11.2. The van der Waals surface area contributed by atoms with Crippen LogP contribution in [0.1, 0.15) is 82.1 Å². The Morgan fingerprint density at radius 1 is 1.10 bits per heavy atom. The van der Waals surface area contributed by atoms with Crippen molar-refractivity contribution in [3.05, 3.63) is 35.1 Å². The van der Waals surface area contributed by atoms with Crippen LogP contribution in [0.2, 0.25) is 0 Å². The Kier molecular flexibility index (Phi) is 10.5. The van der Waals surface area contributed by atoms with E-state index in [1.807, 2.05) is 6.92 Å². The number of piperidine rings is 2. The highest BCUT2D eigenvalue weighted by molar-refractivity contribution is 5.99. The highest BCUT2D eigenvalue weighted by Crippen LogP contribution is 2.30. The van der Waals surface area contributed by atoms with E-state index in [0.29, 0.717) is 76.9 Å². The summed E-state index contributed by atoms with van der Waals surface area (Å²) < 4.78 is 20.1. The summed E-state index contributed by atoms with van der Waals surface area (Å²) in [5, 5.41) is 21.0. The van der Waals surface area contributed by atoms with E-state index in [1.165, 1.54) is 12.1 Å². The summed E-state index contributed by atoms with van der Waals surface area (Å²) in [6, 6.07) is 3.61. The molecule has 3 rings (SSSR count). The minimum absolute atomic E-state index is 0.0832. The minimum atomic E-state index is -0.921. The normalized spacial score (nSPS) is 18.0. The van der Waals surface area contributed by atoms with Crippen molar-refractivity contribution in [3.63, 3.8) is 0 Å². The number of carbonyl (C=O) groups excluding carboxylic acids is 3. The molecule has 10 heteroatoms. The van der Waals surface area contributed by atoms with Crippen LogP contribution in [0.5, 0.6) is 0 Å². The van der Waals surface area contributed by atoms with Crippen LogP contribution in [-0.4, -0.2) is 83.5 Å². The number of likely N-dealkylation sites (tertiary alicyclic amines) is 2. The van der Waals surface area contributed by atoms with E-state index in [2.05, 4.69) is 5.32 Å². The number of ether oxygens (including phenoxy) is 1. The lowest BCUT2D eigenvalue weighted by atomic mass is 9.80. The summed E-state index contributed by atoms with van der Waals surface area (Å²) in [5.74, 6) is -1.27. The van der Waals surface area contributed by atoms with Gasteiger partial charge in [-0.1, -0.05) is 13.0 Å². The molecule has 0 saturated carbocycles. The van der Waals surface area contributed by atoms with Gasteiger partial charge in [0.1, 0.15) is 11.7 Å². The predicted molar refractivity (Wildman–Crippen MR) is 146 cm³/mol. The Morgan fingerprint density at radius 3 is 2.28 bits per heavy atom. The maximum atomic E-state index is 15.0. The molecule has 2 saturated heterocycles. The van der Waals surface area contributed by atoms with Gasteiger partial charge in [-0.05, 0) is 70.9 Å². The molecule has 2 amide bonds. The maximum Gasteiger partial charge on any atom is 0.306 e. The molecule has 0 spiro atoms. The van der Waals surface area contributed by atoms with Gasteiger partial charge in [-0.3, -0.25) is 19.8 Å². The fourth-order valence-corrected chi connectivity index (χ4v) is 5.50. The fourth-order valence-electron chi connectivity index (χ4n) is 5.50. The number of rotatable bonds is 9. The fraction of sp³-hybridized carbons (Fsp3) is 0.655. The van der Waals surface area contributed by atoms with Crippen LogP contribution in [0.3, 0.4) is 0 Å². The van der Waals surface area contributed by atoms with Crippen molar-refractivity contribution < 1.29 is 28.6 Å². The maximum absolute atomic E-state index is 15.0. The zero-order valence-electron chi connectivity index (χ0n) is 23.6. The number of hydrogen-bond acceptors (Lipinski definition) is 6. The van der Waals surface area contributed by atoms with Gasteiger partial charge in [0.15, 0.2) is 0 Å². The molecule has 2 fully saturated rings. The lowest BCUT2D eigenvalue weighted by molar-refractivity contribution is -0.145. The topological polar surface area (TPSA) is 123 Å². The van der Waals surface area contributed by atoms with Gasteiger partial charge in [0.25, 0.3) is 5.91 Å². The first-order chi connectivity index (χ1) is 18.5. The van der Waals surface area contributed by atoms with E-state index < -0.39 is 23.2 Å². The zero-order chi connectivity index (χ0) is 28.7. The van der Waals surface area contributed by atoms with E-state index in [0.717, 1.165) is 0 Å². The van der Waals surface area contributed by atoms with Crippen LogP contribution in [0.4, 0.5) is 4.39 Å². The number of benzene rings is 1. The molecule has 9 nitrogen and oxygen atoms in total. The summed E-state index contributed by atoms with van der Waals surface area (Å²) in [6.07, 6.45) is 3.02. The quantitative estimate of drug-likeness (QED) is 0.248. The van der Waals surface area contributed by atoms with Crippen LogP contribution in [0.25, 0.3) is 0 Å². The lowest BCUT2D eigenvalue weighted by Crippen LogP contribution is -2.54. The SMILES string of the molecule is CCOC(=O)CC1CCN(C(=O)C(C)(C)C(CC)NC(=O)c2ccc(C(=N)N3CCC(O)CC3)cc2F)CC1. The van der Waals surface area contributed by atoms with E-state index in [1.54, 1.807) is 36.6 Å².